The Morgan fingerprint density at radius 3 is 2.48 bits per heavy atom. The Morgan fingerprint density at radius 1 is 1.11 bits per heavy atom. The van der Waals surface area contributed by atoms with Crippen LogP contribution in [0.3, 0.4) is 0 Å². The fourth-order valence-electron chi connectivity index (χ4n) is 3.04. The zero-order valence-corrected chi connectivity index (χ0v) is 15.8. The maximum absolute atomic E-state index is 12.6. The number of amides is 3. The van der Waals surface area contributed by atoms with Gasteiger partial charge in [-0.1, -0.05) is 17.7 Å². The molecule has 1 aliphatic rings. The molecule has 1 aliphatic heterocycles. The van der Waals surface area contributed by atoms with Crippen molar-refractivity contribution in [3.05, 3.63) is 53.1 Å². The minimum atomic E-state index is -0.439. The minimum absolute atomic E-state index is 0.106. The van der Waals surface area contributed by atoms with Gasteiger partial charge in [-0.3, -0.25) is 14.4 Å². The molecule has 0 saturated carbocycles. The average molecular weight is 386 g/mol. The predicted octanol–water partition coefficient (Wildman–Crippen LogP) is 3.60. The van der Waals surface area contributed by atoms with Crippen LogP contribution in [0.2, 0.25) is 5.02 Å². The van der Waals surface area contributed by atoms with Crippen LogP contribution in [-0.2, 0) is 14.4 Å². The van der Waals surface area contributed by atoms with Gasteiger partial charge in [0.25, 0.3) is 0 Å². The first-order chi connectivity index (χ1) is 12.8. The molecular weight excluding hydrogens is 366 g/mol. The highest BCUT2D eigenvalue weighted by Crippen LogP contribution is 2.28. The van der Waals surface area contributed by atoms with Gasteiger partial charge >= 0.3 is 0 Å². The van der Waals surface area contributed by atoms with E-state index >= 15 is 0 Å². The fraction of sp³-hybridized carbons (Fsp3) is 0.250. The van der Waals surface area contributed by atoms with Gasteiger partial charge in [0, 0.05) is 42.0 Å². The number of anilines is 3. The maximum Gasteiger partial charge on any atom is 0.229 e. The van der Waals surface area contributed by atoms with Crippen LogP contribution in [0.15, 0.2) is 42.5 Å². The molecule has 27 heavy (non-hydrogen) atoms. The van der Waals surface area contributed by atoms with E-state index in [1.807, 2.05) is 6.92 Å². The van der Waals surface area contributed by atoms with Gasteiger partial charge in [-0.2, -0.15) is 0 Å². The van der Waals surface area contributed by atoms with E-state index in [0.717, 1.165) is 5.56 Å². The third-order valence-corrected chi connectivity index (χ3v) is 4.93. The van der Waals surface area contributed by atoms with Crippen molar-refractivity contribution in [3.63, 3.8) is 0 Å². The molecule has 1 heterocycles. The Balaban J connectivity index is 1.68. The Morgan fingerprint density at radius 2 is 1.81 bits per heavy atom. The summed E-state index contributed by atoms with van der Waals surface area (Å²) in [4.78, 5) is 37.7. The van der Waals surface area contributed by atoms with Gasteiger partial charge in [0.05, 0.1) is 5.92 Å². The lowest BCUT2D eigenvalue weighted by Gasteiger charge is -2.17. The fourth-order valence-corrected chi connectivity index (χ4v) is 3.21. The summed E-state index contributed by atoms with van der Waals surface area (Å²) in [5, 5.41) is 6.13. The van der Waals surface area contributed by atoms with Gasteiger partial charge in [0.1, 0.15) is 0 Å². The first-order valence-corrected chi connectivity index (χ1v) is 8.97. The maximum atomic E-state index is 12.6. The topological polar surface area (TPSA) is 78.5 Å². The molecule has 6 nitrogen and oxygen atoms in total. The van der Waals surface area contributed by atoms with E-state index in [1.54, 1.807) is 47.4 Å². The molecule has 0 aliphatic carbocycles. The quantitative estimate of drug-likeness (QED) is 0.844. The van der Waals surface area contributed by atoms with Crippen molar-refractivity contribution in [3.8, 4) is 0 Å². The van der Waals surface area contributed by atoms with Gasteiger partial charge in [0.15, 0.2) is 0 Å². The number of nitrogens with one attached hydrogen (secondary N) is 2. The molecule has 3 amide bonds. The molecule has 1 unspecified atom stereocenters. The van der Waals surface area contributed by atoms with Gasteiger partial charge in [-0.15, -0.1) is 0 Å². The summed E-state index contributed by atoms with van der Waals surface area (Å²) in [7, 11) is 0. The lowest BCUT2D eigenvalue weighted by Crippen LogP contribution is -2.28. The lowest BCUT2D eigenvalue weighted by atomic mass is 10.1. The van der Waals surface area contributed by atoms with Crippen molar-refractivity contribution in [1.82, 2.24) is 0 Å². The van der Waals surface area contributed by atoms with Crippen molar-refractivity contribution in [2.24, 2.45) is 5.92 Å². The lowest BCUT2D eigenvalue weighted by molar-refractivity contribution is -0.122. The Hall–Kier alpha value is -2.86. The van der Waals surface area contributed by atoms with Crippen LogP contribution in [0, 0.1) is 12.8 Å². The Labute approximate surface area is 162 Å². The third-order valence-electron chi connectivity index (χ3n) is 4.52. The van der Waals surface area contributed by atoms with Gasteiger partial charge in [-0.25, -0.2) is 0 Å². The van der Waals surface area contributed by atoms with Crippen molar-refractivity contribution >= 4 is 46.4 Å². The van der Waals surface area contributed by atoms with E-state index in [9.17, 15) is 14.4 Å². The van der Waals surface area contributed by atoms with Gasteiger partial charge < -0.3 is 15.5 Å². The van der Waals surface area contributed by atoms with Crippen LogP contribution in [0.1, 0.15) is 18.9 Å². The second-order valence-corrected chi connectivity index (χ2v) is 6.94. The normalized spacial score (nSPS) is 16.3. The van der Waals surface area contributed by atoms with Crippen LogP contribution in [-0.4, -0.2) is 24.3 Å². The van der Waals surface area contributed by atoms with E-state index in [-0.39, 0.29) is 24.1 Å². The minimum Gasteiger partial charge on any atom is -0.326 e. The first-order valence-electron chi connectivity index (χ1n) is 8.59. The molecule has 140 valence electrons. The number of nitrogens with zero attached hydrogens (tertiary/aromatic N) is 1. The third kappa shape index (κ3) is 4.28. The van der Waals surface area contributed by atoms with Crippen LogP contribution in [0.5, 0.6) is 0 Å². The number of hydrogen-bond donors (Lipinski definition) is 2. The largest absolute Gasteiger partial charge is 0.326 e. The molecule has 7 heteroatoms. The van der Waals surface area contributed by atoms with Gasteiger partial charge in [0.2, 0.25) is 17.7 Å². The molecule has 0 spiro atoms. The number of rotatable bonds is 4. The van der Waals surface area contributed by atoms with Crippen molar-refractivity contribution in [2.45, 2.75) is 20.3 Å². The summed E-state index contributed by atoms with van der Waals surface area (Å²) in [5.41, 5.74) is 2.80. The second kappa shape index (κ2) is 7.80. The molecule has 3 rings (SSSR count). The molecular formula is C20H20ClN3O3. The van der Waals surface area contributed by atoms with Crippen LogP contribution < -0.4 is 15.5 Å². The van der Waals surface area contributed by atoms with Crippen LogP contribution >= 0.6 is 11.6 Å². The summed E-state index contributed by atoms with van der Waals surface area (Å²) in [6, 6.07) is 12.3. The van der Waals surface area contributed by atoms with E-state index in [2.05, 4.69) is 10.6 Å². The molecule has 0 bridgehead atoms. The van der Waals surface area contributed by atoms with E-state index in [1.165, 1.54) is 6.92 Å². The molecule has 0 radical (unpaired) electrons. The summed E-state index contributed by atoms with van der Waals surface area (Å²) in [5.74, 6) is -0.907. The zero-order chi connectivity index (χ0) is 19.6. The Kier molecular flexibility index (Phi) is 5.46. The number of carbonyl (C=O) groups is 3. The van der Waals surface area contributed by atoms with Crippen molar-refractivity contribution < 1.29 is 14.4 Å². The predicted molar refractivity (Wildman–Crippen MR) is 106 cm³/mol. The summed E-state index contributed by atoms with van der Waals surface area (Å²) >= 11 is 6.09. The van der Waals surface area contributed by atoms with Crippen molar-refractivity contribution in [2.75, 3.05) is 22.1 Å². The number of carbonyl (C=O) groups excluding carboxylic acids is 3. The monoisotopic (exact) mass is 385 g/mol. The molecule has 1 saturated heterocycles. The molecule has 1 atom stereocenters. The SMILES string of the molecule is CC(=O)Nc1ccc(N2CC(C(=O)Nc3cccc(Cl)c3C)CC2=O)cc1. The number of halogens is 1. The van der Waals surface area contributed by atoms with Crippen LogP contribution in [0.25, 0.3) is 0 Å². The highest BCUT2D eigenvalue weighted by Gasteiger charge is 2.35. The zero-order valence-electron chi connectivity index (χ0n) is 15.1. The first kappa shape index (κ1) is 18.9. The molecule has 0 aromatic heterocycles. The number of benzene rings is 2. The average Bonchev–Trinajstić information content (AvgIpc) is 3.01. The highest BCUT2D eigenvalue weighted by molar-refractivity contribution is 6.31. The van der Waals surface area contributed by atoms with Gasteiger partial charge in [-0.05, 0) is 48.9 Å². The molecule has 2 aromatic rings. The highest BCUT2D eigenvalue weighted by atomic mass is 35.5. The van der Waals surface area contributed by atoms with E-state index < -0.39 is 5.92 Å². The van der Waals surface area contributed by atoms with E-state index in [4.69, 9.17) is 11.6 Å². The summed E-state index contributed by atoms with van der Waals surface area (Å²) < 4.78 is 0. The second-order valence-electron chi connectivity index (χ2n) is 6.54. The van der Waals surface area contributed by atoms with E-state index in [0.29, 0.717) is 28.6 Å². The van der Waals surface area contributed by atoms with Crippen LogP contribution in [0.4, 0.5) is 17.1 Å². The Bertz CT molecular complexity index is 896. The summed E-state index contributed by atoms with van der Waals surface area (Å²) in [6.07, 6.45) is 0.152. The smallest absolute Gasteiger partial charge is 0.229 e. The molecule has 2 N–H and O–H groups in total. The molecule has 1 fully saturated rings. The van der Waals surface area contributed by atoms with Crippen molar-refractivity contribution in [1.29, 1.82) is 0 Å². The summed E-state index contributed by atoms with van der Waals surface area (Å²) in [6.45, 7) is 3.58. The number of hydrogen-bond acceptors (Lipinski definition) is 3. The standard InChI is InChI=1S/C20H20ClN3O3/c1-12-17(21)4-3-5-18(12)23-20(27)14-10-19(26)24(11-14)16-8-6-15(7-9-16)22-13(2)25/h3-9,14H,10-11H2,1-2H3,(H,22,25)(H,23,27). The molecule has 2 aromatic carbocycles.